The van der Waals surface area contributed by atoms with Crippen LogP contribution in [0.15, 0.2) is 0 Å². The summed E-state index contributed by atoms with van der Waals surface area (Å²) in [5.41, 5.74) is 0. The molecule has 0 aromatic carbocycles. The third-order valence-corrected chi connectivity index (χ3v) is 0. The van der Waals surface area contributed by atoms with Crippen LogP contribution in [0, 0.1) is 0 Å². The van der Waals surface area contributed by atoms with Crippen molar-refractivity contribution in [3.63, 3.8) is 0 Å². The van der Waals surface area contributed by atoms with Crippen molar-refractivity contribution >= 4 is 66.9 Å². The molecule has 13 heteroatoms. The van der Waals surface area contributed by atoms with Crippen LogP contribution < -0.4 is 0 Å². The molecule has 0 aromatic rings. The third-order valence-electron chi connectivity index (χ3n) is 0. The Hall–Kier alpha value is 1.87. The summed E-state index contributed by atoms with van der Waals surface area (Å²) in [7, 11) is -4.64. The van der Waals surface area contributed by atoms with Crippen molar-refractivity contribution in [2.75, 3.05) is 0 Å². The van der Waals surface area contributed by atoms with E-state index in [-0.39, 0.29) is 92.0 Å². The van der Waals surface area contributed by atoms with Gasteiger partial charge in [-0.15, -0.1) is 0 Å². The second-order valence-electron chi connectivity index (χ2n) is 0.513. The molecule has 84 valence electrons. The van der Waals surface area contributed by atoms with E-state index < -0.39 is 7.82 Å². The molecule has 0 atom stereocenters. The minimum absolute atomic E-state index is 0. The molecule has 0 saturated carbocycles. The van der Waals surface area contributed by atoms with E-state index >= 15 is 0 Å². The molecule has 0 rings (SSSR count). The van der Waals surface area contributed by atoms with Crippen LogP contribution in [-0.4, -0.2) is 107 Å². The van der Waals surface area contributed by atoms with Gasteiger partial charge in [-0.25, -0.2) is 4.57 Å². The minimum atomic E-state index is -4.64. The van der Waals surface area contributed by atoms with Gasteiger partial charge in [0, 0.05) is 0 Å². The zero-order valence-corrected chi connectivity index (χ0v) is 6.09. The van der Waals surface area contributed by atoms with Gasteiger partial charge >= 0.3 is 66.9 Å². The van der Waals surface area contributed by atoms with Crippen LogP contribution in [0.3, 0.4) is 0 Å². The predicted octanol–water partition coefficient (Wildman–Crippen LogP) is -7.17. The first-order valence-corrected chi connectivity index (χ1v) is 2.35. The van der Waals surface area contributed by atoms with Gasteiger partial charge in [-0.05, 0) is 0 Å². The van der Waals surface area contributed by atoms with Crippen molar-refractivity contribution in [1.29, 1.82) is 0 Å². The van der Waals surface area contributed by atoms with Crippen LogP contribution in [0.1, 0.15) is 0 Å². The molecule has 0 fully saturated rings. The fourth-order valence-electron chi connectivity index (χ4n) is 0. The average Bonchev–Trinajstić information content (AvgIpc) is 0.722. The molecule has 0 aliphatic heterocycles. The predicted molar refractivity (Wildman–Crippen MR) is 50.2 cm³/mol. The Labute approximate surface area is 118 Å². The molecule has 0 spiro atoms. The molecule has 0 aliphatic rings. The van der Waals surface area contributed by atoms with Crippen LogP contribution in [0.2, 0.25) is 0 Å². The van der Waals surface area contributed by atoms with E-state index in [1.54, 1.807) is 0 Å². The van der Waals surface area contributed by atoms with Gasteiger partial charge in [-0.3, -0.25) is 0 Å². The summed E-state index contributed by atoms with van der Waals surface area (Å²) in [5, 5.41) is 0. The van der Waals surface area contributed by atoms with Crippen LogP contribution in [-0.2, 0) is 4.57 Å². The van der Waals surface area contributed by atoms with Crippen LogP contribution in [0.5, 0.6) is 0 Å². The van der Waals surface area contributed by atoms with Gasteiger partial charge in [0.2, 0.25) is 0 Å². The molecular formula is H17Na2O10P. The van der Waals surface area contributed by atoms with Gasteiger partial charge in [0.05, 0.1) is 0 Å². The second-order valence-corrected chi connectivity index (χ2v) is 1.54. The first-order chi connectivity index (χ1) is 2.00. The Morgan fingerprint density at radius 2 is 0.615 bits per heavy atom. The topological polar surface area (TPSA) is 267 Å². The maximum atomic E-state index is 8.88. The molecule has 0 bridgehead atoms. The average molecular weight is 254 g/mol. The second kappa shape index (κ2) is 37.1. The van der Waals surface area contributed by atoms with Crippen molar-refractivity contribution in [1.82, 2.24) is 0 Å². The third kappa shape index (κ3) is 559. The number of rotatable bonds is 0. The summed E-state index contributed by atoms with van der Waals surface area (Å²) in [6.45, 7) is 0. The molecule has 0 amide bonds. The fraction of sp³-hybridized carbons (Fsp3) is 0. The number of hydrogen-bond acceptors (Lipinski definition) is 1. The normalized spacial score (nSPS) is 4.54. The molecule has 15 N–H and O–H groups in total. The first kappa shape index (κ1) is 83.0. The first-order valence-electron chi connectivity index (χ1n) is 0.783. The van der Waals surface area contributed by atoms with Gasteiger partial charge in [-0.1, -0.05) is 0 Å². The summed E-state index contributed by atoms with van der Waals surface area (Å²) in [5.74, 6) is 0. The fourth-order valence-corrected chi connectivity index (χ4v) is 0. The number of phosphoric acid groups is 1. The summed E-state index contributed by atoms with van der Waals surface area (Å²) in [6, 6.07) is 0. The van der Waals surface area contributed by atoms with E-state index in [0.717, 1.165) is 0 Å². The van der Waals surface area contributed by atoms with Crippen LogP contribution in [0.4, 0.5) is 0 Å². The standard InChI is InChI=1S/2Na.H3O4P.6H2O.2H/c;;1-5(2,3)4;;;;;;;;/h;;(H3,1,2,3,4);6*1H2;;. The summed E-state index contributed by atoms with van der Waals surface area (Å²) in [6.07, 6.45) is 0. The van der Waals surface area contributed by atoms with Crippen LogP contribution >= 0.6 is 7.82 Å². The van der Waals surface area contributed by atoms with Gasteiger partial charge in [0.15, 0.2) is 0 Å². The molecule has 10 nitrogen and oxygen atoms in total. The summed E-state index contributed by atoms with van der Waals surface area (Å²) >= 11 is 0. The zero-order valence-electron chi connectivity index (χ0n) is 5.20. The number of hydrogen-bond donors (Lipinski definition) is 3. The molecule has 0 radical (unpaired) electrons. The van der Waals surface area contributed by atoms with Crippen molar-refractivity contribution in [2.24, 2.45) is 0 Å². The van der Waals surface area contributed by atoms with Gasteiger partial charge in [0.25, 0.3) is 0 Å². The van der Waals surface area contributed by atoms with E-state index in [4.69, 9.17) is 19.2 Å². The van der Waals surface area contributed by atoms with E-state index in [1.807, 2.05) is 0 Å². The SMILES string of the molecule is O.O.O.O.O.O.O=P(O)(O)O.[NaH].[NaH]. The Kier molecular flexibility index (Phi) is 237. The summed E-state index contributed by atoms with van der Waals surface area (Å²) in [4.78, 5) is 21.6. The van der Waals surface area contributed by atoms with Crippen molar-refractivity contribution < 1.29 is 52.1 Å². The van der Waals surface area contributed by atoms with Crippen molar-refractivity contribution in [3.8, 4) is 0 Å². The van der Waals surface area contributed by atoms with Gasteiger partial charge in [0.1, 0.15) is 0 Å². The Balaban J connectivity index is -0.00000000286. The Morgan fingerprint density at radius 3 is 0.615 bits per heavy atom. The summed E-state index contributed by atoms with van der Waals surface area (Å²) < 4.78 is 8.88. The van der Waals surface area contributed by atoms with E-state index in [9.17, 15) is 0 Å². The monoisotopic (exact) mass is 254 g/mol. The van der Waals surface area contributed by atoms with Crippen LogP contribution in [0.25, 0.3) is 0 Å². The van der Waals surface area contributed by atoms with Crippen molar-refractivity contribution in [3.05, 3.63) is 0 Å². The Bertz CT molecular complexity index is 59.1. The quantitative estimate of drug-likeness (QED) is 0.280. The van der Waals surface area contributed by atoms with Gasteiger partial charge in [-0.2, -0.15) is 0 Å². The zero-order chi connectivity index (χ0) is 4.50. The van der Waals surface area contributed by atoms with E-state index in [0.29, 0.717) is 0 Å². The molecule has 13 heavy (non-hydrogen) atoms. The molecule has 0 aromatic heterocycles. The molecule has 0 saturated heterocycles. The van der Waals surface area contributed by atoms with E-state index in [1.165, 1.54) is 0 Å². The van der Waals surface area contributed by atoms with Gasteiger partial charge < -0.3 is 47.5 Å². The molecule has 0 aliphatic carbocycles. The van der Waals surface area contributed by atoms with E-state index in [2.05, 4.69) is 0 Å². The van der Waals surface area contributed by atoms with Crippen molar-refractivity contribution in [2.45, 2.75) is 0 Å². The maximum absolute atomic E-state index is 8.88. The molecule has 0 heterocycles. The molecular weight excluding hydrogens is 237 g/mol. The Morgan fingerprint density at radius 1 is 0.615 bits per heavy atom. The molecule has 0 unspecified atom stereocenters.